The van der Waals surface area contributed by atoms with Gasteiger partial charge in [-0.1, -0.05) is 30.3 Å². The van der Waals surface area contributed by atoms with Crippen molar-refractivity contribution in [1.29, 1.82) is 5.26 Å². The van der Waals surface area contributed by atoms with E-state index in [9.17, 15) is 9.50 Å². The molecule has 0 spiro atoms. The highest BCUT2D eigenvalue weighted by Crippen LogP contribution is 2.36. The Morgan fingerprint density at radius 1 is 1.00 bits per heavy atom. The molecule has 3 aromatic carbocycles. The van der Waals surface area contributed by atoms with Crippen molar-refractivity contribution in [3.05, 3.63) is 78.0 Å². The molecule has 0 atom stereocenters. The first-order chi connectivity index (χ1) is 14.3. The van der Waals surface area contributed by atoms with E-state index in [0.717, 1.165) is 5.39 Å². The first-order valence-corrected chi connectivity index (χ1v) is 9.44. The van der Waals surface area contributed by atoms with Crippen LogP contribution >= 0.6 is 0 Å². The minimum absolute atomic E-state index is 0.0388. The van der Waals surface area contributed by atoms with Gasteiger partial charge in [0.05, 0.1) is 29.4 Å². The number of aromatic nitrogens is 2. The van der Waals surface area contributed by atoms with Crippen molar-refractivity contribution in [2.75, 3.05) is 0 Å². The molecule has 0 aliphatic heterocycles. The Labute approximate surface area is 172 Å². The van der Waals surface area contributed by atoms with Gasteiger partial charge in [0.2, 0.25) is 0 Å². The standard InChI is InChI=1S/C24H19F2N3O/c1-24(2,30)14-29-23-11-22(26)20(9-17(23)13-28-29)19-6-4-3-5-18(19)15-7-8-16(12-27)21(25)10-15/h3-11,13,30H,14H2,1-2H3. The summed E-state index contributed by atoms with van der Waals surface area (Å²) in [6.07, 6.45) is 1.63. The van der Waals surface area contributed by atoms with E-state index in [4.69, 9.17) is 5.26 Å². The van der Waals surface area contributed by atoms with Gasteiger partial charge in [0.1, 0.15) is 17.7 Å². The van der Waals surface area contributed by atoms with Gasteiger partial charge in [0.25, 0.3) is 0 Å². The average Bonchev–Trinajstić information content (AvgIpc) is 3.07. The molecular formula is C24H19F2N3O. The summed E-state index contributed by atoms with van der Waals surface area (Å²) in [5, 5.41) is 24.0. The Bertz CT molecular complexity index is 1300. The number of halogens is 2. The van der Waals surface area contributed by atoms with Gasteiger partial charge in [-0.05, 0) is 48.7 Å². The normalized spacial score (nSPS) is 11.6. The highest BCUT2D eigenvalue weighted by Gasteiger charge is 2.19. The van der Waals surface area contributed by atoms with Crippen LogP contribution in [0.15, 0.2) is 60.8 Å². The molecule has 4 nitrogen and oxygen atoms in total. The Hall–Kier alpha value is -3.56. The highest BCUT2D eigenvalue weighted by atomic mass is 19.1. The van der Waals surface area contributed by atoms with Crippen LogP contribution in [0.4, 0.5) is 8.78 Å². The molecule has 0 unspecified atom stereocenters. The van der Waals surface area contributed by atoms with Crippen LogP contribution in [0.25, 0.3) is 33.2 Å². The van der Waals surface area contributed by atoms with Crippen LogP contribution in [0.2, 0.25) is 0 Å². The SMILES string of the molecule is CC(C)(O)Cn1ncc2cc(-c3ccccc3-c3ccc(C#N)c(F)c3)c(F)cc21. The number of hydrogen-bond donors (Lipinski definition) is 1. The van der Waals surface area contributed by atoms with E-state index < -0.39 is 17.2 Å². The van der Waals surface area contributed by atoms with Crippen LogP contribution in [-0.4, -0.2) is 20.5 Å². The zero-order chi connectivity index (χ0) is 21.5. The first-order valence-electron chi connectivity index (χ1n) is 9.44. The number of aliphatic hydroxyl groups is 1. The van der Waals surface area contributed by atoms with Gasteiger partial charge in [-0.3, -0.25) is 4.68 Å². The molecule has 0 aliphatic carbocycles. The number of hydrogen-bond acceptors (Lipinski definition) is 3. The van der Waals surface area contributed by atoms with Crippen LogP contribution in [0.1, 0.15) is 19.4 Å². The third kappa shape index (κ3) is 3.68. The number of nitrogens with zero attached hydrogens (tertiary/aromatic N) is 3. The summed E-state index contributed by atoms with van der Waals surface area (Å²) in [4.78, 5) is 0. The highest BCUT2D eigenvalue weighted by molar-refractivity contribution is 5.90. The molecule has 0 fully saturated rings. The Kier molecular flexibility index (Phi) is 4.84. The maximum atomic E-state index is 15.2. The molecular weight excluding hydrogens is 384 g/mol. The van der Waals surface area contributed by atoms with Gasteiger partial charge in [-0.25, -0.2) is 8.78 Å². The number of nitriles is 1. The monoisotopic (exact) mass is 403 g/mol. The molecule has 4 rings (SSSR count). The van der Waals surface area contributed by atoms with E-state index in [1.807, 2.05) is 0 Å². The van der Waals surface area contributed by atoms with Crippen LogP contribution in [-0.2, 0) is 6.54 Å². The Morgan fingerprint density at radius 3 is 2.40 bits per heavy atom. The summed E-state index contributed by atoms with van der Waals surface area (Å²) < 4.78 is 30.9. The fraction of sp³-hybridized carbons (Fsp3) is 0.167. The molecule has 0 aliphatic rings. The van der Waals surface area contributed by atoms with Crippen molar-refractivity contribution >= 4 is 10.9 Å². The topological polar surface area (TPSA) is 61.8 Å². The summed E-state index contributed by atoms with van der Waals surface area (Å²) in [5.41, 5.74) is 1.74. The van der Waals surface area contributed by atoms with Crippen molar-refractivity contribution < 1.29 is 13.9 Å². The lowest BCUT2D eigenvalue weighted by Crippen LogP contribution is -2.26. The second kappa shape index (κ2) is 7.36. The van der Waals surface area contributed by atoms with Gasteiger partial charge in [0.15, 0.2) is 0 Å². The van der Waals surface area contributed by atoms with Gasteiger partial charge in [-0.15, -0.1) is 0 Å². The summed E-state index contributed by atoms with van der Waals surface area (Å²) in [5.74, 6) is -1.06. The molecule has 0 radical (unpaired) electrons. The molecule has 4 aromatic rings. The Morgan fingerprint density at radius 2 is 1.73 bits per heavy atom. The van der Waals surface area contributed by atoms with Gasteiger partial charge in [-0.2, -0.15) is 10.4 Å². The van der Waals surface area contributed by atoms with Crippen LogP contribution in [0, 0.1) is 23.0 Å². The van der Waals surface area contributed by atoms with E-state index in [0.29, 0.717) is 27.8 Å². The third-order valence-electron chi connectivity index (χ3n) is 4.89. The van der Waals surface area contributed by atoms with E-state index >= 15 is 4.39 Å². The minimum Gasteiger partial charge on any atom is -0.389 e. The van der Waals surface area contributed by atoms with E-state index in [1.54, 1.807) is 67.2 Å². The molecule has 0 saturated heterocycles. The largest absolute Gasteiger partial charge is 0.389 e. The summed E-state index contributed by atoms with van der Waals surface area (Å²) in [6.45, 7) is 3.56. The van der Waals surface area contributed by atoms with E-state index in [-0.39, 0.29) is 12.1 Å². The number of fused-ring (bicyclic) bond motifs is 1. The smallest absolute Gasteiger partial charge is 0.141 e. The van der Waals surface area contributed by atoms with Crippen LogP contribution in [0.3, 0.4) is 0 Å². The van der Waals surface area contributed by atoms with Gasteiger partial charge >= 0.3 is 0 Å². The first kappa shape index (κ1) is 19.7. The third-order valence-corrected chi connectivity index (χ3v) is 4.89. The quantitative estimate of drug-likeness (QED) is 0.504. The fourth-order valence-corrected chi connectivity index (χ4v) is 3.54. The van der Waals surface area contributed by atoms with Crippen molar-refractivity contribution in [1.82, 2.24) is 9.78 Å². The fourth-order valence-electron chi connectivity index (χ4n) is 3.54. The molecule has 0 saturated carbocycles. The second-order valence-corrected chi connectivity index (χ2v) is 7.86. The summed E-state index contributed by atoms with van der Waals surface area (Å²) >= 11 is 0. The summed E-state index contributed by atoms with van der Waals surface area (Å²) in [6, 6.07) is 16.4. The molecule has 1 heterocycles. The maximum Gasteiger partial charge on any atom is 0.141 e. The number of rotatable bonds is 4. The lowest BCUT2D eigenvalue weighted by molar-refractivity contribution is 0.0591. The molecule has 150 valence electrons. The van der Waals surface area contributed by atoms with Crippen LogP contribution in [0.5, 0.6) is 0 Å². The summed E-state index contributed by atoms with van der Waals surface area (Å²) in [7, 11) is 0. The number of benzene rings is 3. The molecule has 1 aromatic heterocycles. The predicted molar refractivity (Wildman–Crippen MR) is 112 cm³/mol. The average molecular weight is 403 g/mol. The van der Waals surface area contributed by atoms with Crippen molar-refractivity contribution in [3.8, 4) is 28.3 Å². The van der Waals surface area contributed by atoms with Gasteiger partial charge < -0.3 is 5.11 Å². The molecule has 0 amide bonds. The van der Waals surface area contributed by atoms with Crippen molar-refractivity contribution in [2.24, 2.45) is 0 Å². The Balaban J connectivity index is 1.85. The maximum absolute atomic E-state index is 15.2. The van der Waals surface area contributed by atoms with E-state index in [2.05, 4.69) is 5.10 Å². The minimum atomic E-state index is -0.986. The second-order valence-electron chi connectivity index (χ2n) is 7.86. The zero-order valence-electron chi connectivity index (χ0n) is 16.5. The molecule has 1 N–H and O–H groups in total. The lowest BCUT2D eigenvalue weighted by Gasteiger charge is -2.17. The predicted octanol–water partition coefficient (Wildman–Crippen LogP) is 5.29. The van der Waals surface area contributed by atoms with Crippen molar-refractivity contribution in [3.63, 3.8) is 0 Å². The zero-order valence-corrected chi connectivity index (χ0v) is 16.5. The molecule has 0 bridgehead atoms. The van der Waals surface area contributed by atoms with Crippen molar-refractivity contribution in [2.45, 2.75) is 26.0 Å². The molecule has 30 heavy (non-hydrogen) atoms. The lowest BCUT2D eigenvalue weighted by atomic mass is 9.93. The van der Waals surface area contributed by atoms with E-state index in [1.165, 1.54) is 18.2 Å². The molecule has 6 heteroatoms. The van der Waals surface area contributed by atoms with Crippen LogP contribution < -0.4 is 0 Å². The van der Waals surface area contributed by atoms with Gasteiger partial charge in [0, 0.05) is 17.0 Å².